The fourth-order valence-corrected chi connectivity index (χ4v) is 10.7. The number of halogens is 2. The number of rotatable bonds is 13. The summed E-state index contributed by atoms with van der Waals surface area (Å²) in [7, 11) is 0. The number of anilines is 1. The van der Waals surface area contributed by atoms with Gasteiger partial charge in [-0.15, -0.1) is 24.9 Å². The van der Waals surface area contributed by atoms with E-state index in [9.17, 15) is 19.5 Å². The summed E-state index contributed by atoms with van der Waals surface area (Å²) < 4.78 is -0.813. The summed E-state index contributed by atoms with van der Waals surface area (Å²) in [6, 6.07) is 5.63. The van der Waals surface area contributed by atoms with Crippen LogP contribution in [0, 0.1) is 17.8 Å². The molecule has 1 N–H and O–H groups in total. The van der Waals surface area contributed by atoms with Crippen molar-refractivity contribution in [2.45, 2.75) is 66.9 Å². The van der Waals surface area contributed by atoms with Crippen LogP contribution < -0.4 is 4.90 Å². The van der Waals surface area contributed by atoms with Crippen molar-refractivity contribution in [2.24, 2.45) is 17.8 Å². The lowest BCUT2D eigenvalue weighted by Gasteiger charge is -2.41. The molecule has 3 aliphatic rings. The maximum Gasteiger partial charge on any atom is 0.251 e. The highest BCUT2D eigenvalue weighted by molar-refractivity contribution is 9.09. The first kappa shape index (κ1) is 32.1. The number of hydrogen-bond donors (Lipinski definition) is 1. The van der Waals surface area contributed by atoms with Crippen LogP contribution in [0.3, 0.4) is 0 Å². The largest absolute Gasteiger partial charge is 0.394 e. The SMILES string of the molecule is C=CCN(CCC)C(=O)[C@H]1[C@H]2C(=O)N([C@@H](CO)[C@@H](C)CC)C(C(=O)N(CC=C)c3ccc(Cl)cc3)C23CC(Br)[C@@H]1S3. The molecule has 2 bridgehead atoms. The van der Waals surface area contributed by atoms with Crippen LogP contribution in [0.5, 0.6) is 0 Å². The number of amides is 3. The van der Waals surface area contributed by atoms with Gasteiger partial charge >= 0.3 is 0 Å². The van der Waals surface area contributed by atoms with Crippen molar-refractivity contribution < 1.29 is 19.5 Å². The summed E-state index contributed by atoms with van der Waals surface area (Å²) in [6.07, 6.45) is 5.47. The van der Waals surface area contributed by atoms with E-state index in [2.05, 4.69) is 29.1 Å². The maximum atomic E-state index is 14.8. The predicted molar refractivity (Wildman–Crippen MR) is 170 cm³/mol. The molecule has 3 fully saturated rings. The summed E-state index contributed by atoms with van der Waals surface area (Å²) in [5, 5.41) is 11.0. The number of nitrogens with zero attached hydrogens (tertiary/aromatic N) is 3. The number of carbonyl (C=O) groups is 3. The summed E-state index contributed by atoms with van der Waals surface area (Å²) >= 11 is 11.6. The van der Waals surface area contributed by atoms with Crippen molar-refractivity contribution in [3.05, 3.63) is 54.6 Å². The van der Waals surface area contributed by atoms with Crippen LogP contribution in [-0.4, -0.2) is 85.8 Å². The van der Waals surface area contributed by atoms with Gasteiger partial charge in [-0.2, -0.15) is 0 Å². The molecule has 1 spiro atoms. The highest BCUT2D eigenvalue weighted by atomic mass is 79.9. The second-order valence-electron chi connectivity index (χ2n) is 11.3. The number of likely N-dealkylation sites (tertiary alicyclic amines) is 1. The maximum absolute atomic E-state index is 14.8. The van der Waals surface area contributed by atoms with Gasteiger partial charge in [-0.25, -0.2) is 0 Å². The number of benzene rings is 1. The van der Waals surface area contributed by atoms with Crippen molar-refractivity contribution in [1.29, 1.82) is 0 Å². The molecular weight excluding hydrogens is 626 g/mol. The van der Waals surface area contributed by atoms with E-state index < -0.39 is 28.7 Å². The Labute approximate surface area is 261 Å². The van der Waals surface area contributed by atoms with Crippen LogP contribution in [0.4, 0.5) is 5.69 Å². The lowest BCUT2D eigenvalue weighted by Crippen LogP contribution is -2.59. The van der Waals surface area contributed by atoms with Crippen LogP contribution >= 0.6 is 39.3 Å². The van der Waals surface area contributed by atoms with Crippen LogP contribution in [0.15, 0.2) is 49.6 Å². The van der Waals surface area contributed by atoms with Gasteiger partial charge in [-0.1, -0.05) is 66.9 Å². The number of fused-ring (bicyclic) bond motifs is 1. The molecule has 224 valence electrons. The van der Waals surface area contributed by atoms with Gasteiger partial charge in [0.2, 0.25) is 11.8 Å². The zero-order valence-corrected chi connectivity index (χ0v) is 27.2. The zero-order chi connectivity index (χ0) is 30.1. The standard InChI is InChI=1S/C31H41BrClN3O4S/c1-6-14-34(15-7-2)28(38)24-25-29(39)36(23(18-37)19(5)9-4)27(31(25)17-22(32)26(24)41-31)30(40)35(16-8-3)21-12-10-20(33)11-13-21/h6,8,10-13,19,22-27,37H,1,3,7,9,14-18H2,2,4-5H3/t19-,22?,23-,24-,25-,26-,27?,31?/m0/s1. The van der Waals surface area contributed by atoms with Crippen LogP contribution in [0.1, 0.15) is 40.0 Å². The van der Waals surface area contributed by atoms with Crippen LogP contribution in [0.2, 0.25) is 5.02 Å². The molecule has 7 nitrogen and oxygen atoms in total. The van der Waals surface area contributed by atoms with Gasteiger partial charge < -0.3 is 19.8 Å². The Hall–Kier alpha value is -1.81. The molecule has 1 aromatic rings. The summed E-state index contributed by atoms with van der Waals surface area (Å²) in [4.78, 5) is 48.6. The average molecular weight is 667 g/mol. The third-order valence-electron chi connectivity index (χ3n) is 8.96. The van der Waals surface area contributed by atoms with E-state index in [1.54, 1.807) is 62.9 Å². The van der Waals surface area contributed by atoms with Gasteiger partial charge in [0.15, 0.2) is 0 Å². The Morgan fingerprint density at radius 1 is 1.22 bits per heavy atom. The van der Waals surface area contributed by atoms with Gasteiger partial charge in [0.1, 0.15) is 6.04 Å². The number of carbonyl (C=O) groups excluding carboxylic acids is 3. The summed E-state index contributed by atoms with van der Waals surface area (Å²) in [6.45, 7) is 14.7. The fraction of sp³-hybridized carbons (Fsp3) is 0.581. The van der Waals surface area contributed by atoms with E-state index in [1.807, 2.05) is 20.8 Å². The molecule has 3 heterocycles. The molecule has 3 amide bonds. The topological polar surface area (TPSA) is 81.2 Å². The molecule has 1 aromatic carbocycles. The number of aliphatic hydroxyl groups excluding tert-OH is 1. The highest BCUT2D eigenvalue weighted by Gasteiger charge is 2.76. The lowest BCUT2D eigenvalue weighted by atomic mass is 9.70. The molecular formula is C31H41BrClN3O4S. The highest BCUT2D eigenvalue weighted by Crippen LogP contribution is 2.68. The Morgan fingerprint density at radius 3 is 2.44 bits per heavy atom. The Morgan fingerprint density at radius 2 is 1.88 bits per heavy atom. The van der Waals surface area contributed by atoms with Crippen molar-refractivity contribution in [1.82, 2.24) is 9.80 Å². The minimum Gasteiger partial charge on any atom is -0.394 e. The first-order valence-corrected chi connectivity index (χ1v) is 16.6. The van der Waals surface area contributed by atoms with E-state index in [-0.39, 0.29) is 46.9 Å². The average Bonchev–Trinajstić information content (AvgIpc) is 3.55. The Kier molecular flexibility index (Phi) is 10.4. The van der Waals surface area contributed by atoms with Crippen LogP contribution in [0.25, 0.3) is 0 Å². The normalized spacial score (nSPS) is 29.7. The summed E-state index contributed by atoms with van der Waals surface area (Å²) in [5.41, 5.74) is 0.649. The number of hydrogen-bond acceptors (Lipinski definition) is 5. The molecule has 0 aliphatic carbocycles. The molecule has 10 heteroatoms. The lowest BCUT2D eigenvalue weighted by molar-refractivity contribution is -0.146. The minimum atomic E-state index is -0.853. The number of aliphatic hydroxyl groups is 1. The van der Waals surface area contributed by atoms with Crippen LogP contribution in [-0.2, 0) is 14.4 Å². The van der Waals surface area contributed by atoms with Crippen molar-refractivity contribution in [3.63, 3.8) is 0 Å². The first-order chi connectivity index (χ1) is 19.6. The Balaban J connectivity index is 1.86. The summed E-state index contributed by atoms with van der Waals surface area (Å²) in [5.74, 6) is -1.79. The zero-order valence-electron chi connectivity index (χ0n) is 24.0. The minimum absolute atomic E-state index is 0.0347. The number of alkyl halides is 1. The molecule has 0 saturated carbocycles. The van der Waals surface area contributed by atoms with Gasteiger partial charge in [-0.3, -0.25) is 14.4 Å². The van der Waals surface area contributed by atoms with E-state index in [0.29, 0.717) is 30.2 Å². The molecule has 4 rings (SSSR count). The fourth-order valence-electron chi connectivity index (χ4n) is 6.95. The monoisotopic (exact) mass is 665 g/mol. The number of thioether (sulfide) groups is 1. The van der Waals surface area contributed by atoms with Crippen molar-refractivity contribution in [3.8, 4) is 0 Å². The second kappa shape index (κ2) is 13.2. The molecule has 3 unspecified atom stereocenters. The first-order valence-electron chi connectivity index (χ1n) is 14.4. The van der Waals surface area contributed by atoms with E-state index >= 15 is 0 Å². The molecule has 3 aliphatic heterocycles. The predicted octanol–water partition coefficient (Wildman–Crippen LogP) is 5.16. The second-order valence-corrected chi connectivity index (χ2v) is 14.5. The van der Waals surface area contributed by atoms with Gasteiger partial charge in [0, 0.05) is 40.4 Å². The van der Waals surface area contributed by atoms with E-state index in [4.69, 9.17) is 11.6 Å². The molecule has 0 radical (unpaired) electrons. The third kappa shape index (κ3) is 5.52. The molecule has 8 atom stereocenters. The smallest absolute Gasteiger partial charge is 0.251 e. The van der Waals surface area contributed by atoms with Gasteiger partial charge in [0.05, 0.1) is 29.2 Å². The van der Waals surface area contributed by atoms with Gasteiger partial charge in [-0.05, 0) is 43.0 Å². The van der Waals surface area contributed by atoms with Crippen molar-refractivity contribution in [2.75, 3.05) is 31.1 Å². The van der Waals surface area contributed by atoms with Gasteiger partial charge in [0.25, 0.3) is 5.91 Å². The van der Waals surface area contributed by atoms with E-state index in [0.717, 1.165) is 12.8 Å². The quantitative estimate of drug-likeness (QED) is 0.233. The molecule has 41 heavy (non-hydrogen) atoms. The molecule has 3 saturated heterocycles. The Bertz CT molecular complexity index is 1170. The third-order valence-corrected chi connectivity index (χ3v) is 12.4. The van der Waals surface area contributed by atoms with E-state index in [1.165, 1.54) is 0 Å². The molecule has 0 aromatic heterocycles. The van der Waals surface area contributed by atoms with Crippen molar-refractivity contribution >= 4 is 62.7 Å².